The van der Waals surface area contributed by atoms with Gasteiger partial charge in [0.2, 0.25) is 6.41 Å². The average Bonchev–Trinajstić information content (AvgIpc) is 3.37. The lowest BCUT2D eigenvalue weighted by Crippen LogP contribution is -2.45. The number of hydrogen-bond acceptors (Lipinski definition) is 6. The van der Waals surface area contributed by atoms with Crippen molar-refractivity contribution in [2.75, 3.05) is 26.5 Å². The van der Waals surface area contributed by atoms with Crippen LogP contribution in [-0.4, -0.2) is 54.1 Å². The normalized spacial score (nSPS) is 19.3. The first-order valence-corrected chi connectivity index (χ1v) is 13.1. The van der Waals surface area contributed by atoms with Crippen molar-refractivity contribution in [3.63, 3.8) is 0 Å². The van der Waals surface area contributed by atoms with E-state index in [1.807, 2.05) is 30.5 Å². The molecule has 7 heteroatoms. The van der Waals surface area contributed by atoms with Gasteiger partial charge in [0.1, 0.15) is 6.54 Å². The number of benzene rings is 1. The number of ketones is 1. The second-order valence-corrected chi connectivity index (χ2v) is 10.8. The van der Waals surface area contributed by atoms with E-state index in [2.05, 4.69) is 37.8 Å². The summed E-state index contributed by atoms with van der Waals surface area (Å²) in [5, 5.41) is 0. The van der Waals surface area contributed by atoms with Crippen LogP contribution in [0.25, 0.3) is 0 Å². The van der Waals surface area contributed by atoms with Gasteiger partial charge in [-0.05, 0) is 62.1 Å². The fourth-order valence-corrected chi connectivity index (χ4v) is 5.46. The molecule has 2 fully saturated rings. The Kier molecular flexibility index (Phi) is 8.33. The molecule has 3 heterocycles. The van der Waals surface area contributed by atoms with Crippen molar-refractivity contribution in [1.82, 2.24) is 9.47 Å². The number of Topliss-reactive ketones (excluding diaryl/α,β-unsaturated/α-hetero) is 1. The van der Waals surface area contributed by atoms with Gasteiger partial charge in [-0.3, -0.25) is 14.5 Å². The fraction of sp³-hybridized carbons (Fsp3) is 0.586. The smallest absolute Gasteiger partial charge is 0.325 e. The summed E-state index contributed by atoms with van der Waals surface area (Å²) in [5.41, 5.74) is 6.22. The Hall–Kier alpha value is -2.48. The van der Waals surface area contributed by atoms with Crippen molar-refractivity contribution in [2.24, 2.45) is 5.41 Å². The Bertz CT molecular complexity index is 1090. The van der Waals surface area contributed by atoms with Gasteiger partial charge in [0.25, 0.3) is 0 Å². The number of hydrogen-bond donors (Lipinski definition) is 0. The van der Waals surface area contributed by atoms with E-state index in [1.54, 1.807) is 0 Å². The van der Waals surface area contributed by atoms with E-state index in [4.69, 9.17) is 14.2 Å². The summed E-state index contributed by atoms with van der Waals surface area (Å²) in [6.45, 7) is 13.5. The number of nitrogens with zero attached hydrogens (tertiary/aromatic N) is 2. The minimum atomic E-state index is -0.253. The van der Waals surface area contributed by atoms with Crippen molar-refractivity contribution in [1.29, 1.82) is 0 Å². The third-order valence-corrected chi connectivity index (χ3v) is 7.40. The molecule has 1 aromatic heterocycles. The lowest BCUT2D eigenvalue weighted by atomic mass is 9.75. The first-order chi connectivity index (χ1) is 17.2. The van der Waals surface area contributed by atoms with Gasteiger partial charge in [0.05, 0.1) is 6.61 Å². The van der Waals surface area contributed by atoms with Crippen LogP contribution in [0, 0.1) is 19.3 Å². The summed E-state index contributed by atoms with van der Waals surface area (Å²) in [4.78, 5) is 27.5. The van der Waals surface area contributed by atoms with E-state index in [9.17, 15) is 9.59 Å². The van der Waals surface area contributed by atoms with E-state index in [0.717, 1.165) is 42.0 Å². The summed E-state index contributed by atoms with van der Waals surface area (Å²) >= 11 is 0. The summed E-state index contributed by atoms with van der Waals surface area (Å²) < 4.78 is 17.4. The molecule has 0 N–H and O–H groups in total. The SMILES string of the molecule is C1CCN(C2OCO2)C1.CCOC(=O)Cn1c(C)c(Cc2ccccc2C)c2c1CC(C)(C)CC2=O. The van der Waals surface area contributed by atoms with E-state index in [1.165, 1.54) is 24.0 Å². The third-order valence-electron chi connectivity index (χ3n) is 7.40. The molecule has 2 aliphatic heterocycles. The number of aryl methyl sites for hydroxylation is 1. The first kappa shape index (κ1) is 26.6. The molecule has 1 aromatic carbocycles. The summed E-state index contributed by atoms with van der Waals surface area (Å²) in [5.74, 6) is -0.0628. The molecule has 36 heavy (non-hydrogen) atoms. The highest BCUT2D eigenvalue weighted by Gasteiger charge is 2.37. The van der Waals surface area contributed by atoms with Gasteiger partial charge in [0, 0.05) is 42.9 Å². The molecule has 0 bridgehead atoms. The zero-order valence-electron chi connectivity index (χ0n) is 22.4. The Morgan fingerprint density at radius 2 is 1.81 bits per heavy atom. The van der Waals surface area contributed by atoms with Gasteiger partial charge in [-0.15, -0.1) is 0 Å². The molecule has 0 amide bonds. The largest absolute Gasteiger partial charge is 0.465 e. The summed E-state index contributed by atoms with van der Waals surface area (Å²) in [6, 6.07) is 8.27. The lowest BCUT2D eigenvalue weighted by molar-refractivity contribution is -0.372. The molecule has 0 atom stereocenters. The zero-order valence-corrected chi connectivity index (χ0v) is 22.4. The van der Waals surface area contributed by atoms with Crippen LogP contribution < -0.4 is 0 Å². The molecule has 0 saturated carbocycles. The van der Waals surface area contributed by atoms with Crippen molar-refractivity contribution in [3.05, 3.63) is 57.9 Å². The molecule has 0 unspecified atom stereocenters. The maximum atomic E-state index is 13.0. The molecule has 2 saturated heterocycles. The minimum absolute atomic E-state index is 0.00694. The van der Waals surface area contributed by atoms with Crippen molar-refractivity contribution in [3.8, 4) is 0 Å². The fourth-order valence-electron chi connectivity index (χ4n) is 5.46. The van der Waals surface area contributed by atoms with Crippen LogP contribution in [0.15, 0.2) is 24.3 Å². The number of esters is 1. The number of likely N-dealkylation sites (tertiary alicyclic amines) is 1. The molecule has 0 spiro atoms. The van der Waals surface area contributed by atoms with Gasteiger partial charge in [0.15, 0.2) is 12.6 Å². The molecular formula is C29H40N2O5. The Morgan fingerprint density at radius 1 is 1.11 bits per heavy atom. The van der Waals surface area contributed by atoms with Gasteiger partial charge in [-0.1, -0.05) is 38.1 Å². The highest BCUT2D eigenvalue weighted by atomic mass is 16.9. The van der Waals surface area contributed by atoms with E-state index >= 15 is 0 Å². The van der Waals surface area contributed by atoms with Crippen LogP contribution >= 0.6 is 0 Å². The maximum absolute atomic E-state index is 13.0. The minimum Gasteiger partial charge on any atom is -0.465 e. The molecule has 0 radical (unpaired) electrons. The van der Waals surface area contributed by atoms with Gasteiger partial charge in [-0.2, -0.15) is 0 Å². The topological polar surface area (TPSA) is 70.0 Å². The maximum Gasteiger partial charge on any atom is 0.325 e. The predicted octanol–water partition coefficient (Wildman–Crippen LogP) is 4.78. The molecule has 3 aliphatic rings. The highest BCUT2D eigenvalue weighted by molar-refractivity contribution is 6.01. The second-order valence-electron chi connectivity index (χ2n) is 10.8. The Balaban J connectivity index is 0.000000280. The Morgan fingerprint density at radius 3 is 2.42 bits per heavy atom. The summed E-state index contributed by atoms with van der Waals surface area (Å²) in [6.07, 6.45) is 4.65. The van der Waals surface area contributed by atoms with Crippen molar-refractivity contribution < 1.29 is 23.8 Å². The first-order valence-electron chi connectivity index (χ1n) is 13.1. The Labute approximate surface area is 214 Å². The number of aromatic nitrogens is 1. The van der Waals surface area contributed by atoms with E-state index < -0.39 is 0 Å². The van der Waals surface area contributed by atoms with Crippen molar-refractivity contribution in [2.45, 2.75) is 79.7 Å². The molecule has 5 rings (SSSR count). The van der Waals surface area contributed by atoms with E-state index in [-0.39, 0.29) is 30.1 Å². The van der Waals surface area contributed by atoms with Crippen LogP contribution in [0.3, 0.4) is 0 Å². The average molecular weight is 497 g/mol. The van der Waals surface area contributed by atoms with Crippen LogP contribution in [0.5, 0.6) is 0 Å². The number of carbonyl (C=O) groups is 2. The molecule has 7 nitrogen and oxygen atoms in total. The standard InChI is InChI=1S/C23H29NO3.C6H11NO2/c1-6-27-21(26)14-24-16(3)18(11-17-10-8-7-9-15(17)2)22-19(24)12-23(4,5)13-20(22)25;1-2-4-7(3-1)6-8-5-9-6/h7-10H,6,11-14H2,1-5H3;6H,1-5H2. The number of rotatable bonds is 6. The predicted molar refractivity (Wildman–Crippen MR) is 138 cm³/mol. The number of ether oxygens (including phenoxy) is 3. The second kappa shape index (κ2) is 11.3. The van der Waals surface area contributed by atoms with Crippen molar-refractivity contribution >= 4 is 11.8 Å². The molecule has 2 aromatic rings. The van der Waals surface area contributed by atoms with Gasteiger partial charge in [-0.25, -0.2) is 0 Å². The number of fused-ring (bicyclic) bond motifs is 1. The van der Waals surface area contributed by atoms with E-state index in [0.29, 0.717) is 26.2 Å². The van der Waals surface area contributed by atoms with Crippen LogP contribution in [0.4, 0.5) is 0 Å². The summed E-state index contributed by atoms with van der Waals surface area (Å²) in [7, 11) is 0. The van der Waals surface area contributed by atoms with Crippen LogP contribution in [-0.2, 0) is 38.4 Å². The quantitative estimate of drug-likeness (QED) is 0.536. The number of carbonyl (C=O) groups excluding carboxylic acids is 2. The lowest BCUT2D eigenvalue weighted by Gasteiger charge is -2.33. The van der Waals surface area contributed by atoms with Crippen LogP contribution in [0.2, 0.25) is 0 Å². The highest BCUT2D eigenvalue weighted by Crippen LogP contribution is 2.39. The molecule has 1 aliphatic carbocycles. The zero-order chi connectivity index (χ0) is 25.9. The molecular weight excluding hydrogens is 456 g/mol. The van der Waals surface area contributed by atoms with Crippen LogP contribution in [0.1, 0.15) is 78.5 Å². The monoisotopic (exact) mass is 496 g/mol. The molecule has 196 valence electrons. The third kappa shape index (κ3) is 5.90. The van der Waals surface area contributed by atoms with Gasteiger partial charge >= 0.3 is 5.97 Å². The van der Waals surface area contributed by atoms with Gasteiger partial charge < -0.3 is 18.8 Å².